The molecule has 8 heteroatoms. The standard InChI is InChI=1S/C14H18F3O4P/c1-3-20-22(19,21-4-2)10-13(18)9-11-6-5-7-12(8-11)14(15,16)17/h5-8H,3-4,9-10H2,1-2H3. The minimum atomic E-state index is -4.47. The monoisotopic (exact) mass is 338 g/mol. The molecule has 1 aromatic carbocycles. The zero-order chi connectivity index (χ0) is 16.8. The molecule has 0 aliphatic carbocycles. The molecule has 0 spiro atoms. The van der Waals surface area contributed by atoms with Crippen molar-refractivity contribution in [2.75, 3.05) is 19.4 Å². The van der Waals surface area contributed by atoms with Gasteiger partial charge in [0.1, 0.15) is 11.9 Å². The normalized spacial score (nSPS) is 12.4. The van der Waals surface area contributed by atoms with Crippen LogP contribution in [0.25, 0.3) is 0 Å². The van der Waals surface area contributed by atoms with E-state index in [0.29, 0.717) is 0 Å². The third-order valence-corrected chi connectivity index (χ3v) is 4.72. The second kappa shape index (κ2) is 7.90. The number of carbonyl (C=O) groups is 1. The molecule has 0 fully saturated rings. The van der Waals surface area contributed by atoms with Crippen LogP contribution in [0.5, 0.6) is 0 Å². The minimum absolute atomic E-state index is 0.119. The summed E-state index contributed by atoms with van der Waals surface area (Å²) in [5, 5.41) is 0. The Bertz CT molecular complexity index is 547. The molecule has 0 aliphatic heterocycles. The highest BCUT2D eigenvalue weighted by atomic mass is 31.2. The number of rotatable bonds is 8. The summed E-state index contributed by atoms with van der Waals surface area (Å²) in [6, 6.07) is 4.49. The van der Waals surface area contributed by atoms with Crippen LogP contribution in [-0.4, -0.2) is 25.2 Å². The summed E-state index contributed by atoms with van der Waals surface area (Å²) in [7, 11) is -3.53. The molecule has 1 rings (SSSR count). The maximum absolute atomic E-state index is 12.6. The van der Waals surface area contributed by atoms with Crippen molar-refractivity contribution in [2.24, 2.45) is 0 Å². The number of Topliss-reactive ketones (excluding diaryl/α,β-unsaturated/α-hetero) is 1. The van der Waals surface area contributed by atoms with Gasteiger partial charge >= 0.3 is 13.8 Å². The highest BCUT2D eigenvalue weighted by Gasteiger charge is 2.31. The van der Waals surface area contributed by atoms with Crippen molar-refractivity contribution in [3.05, 3.63) is 35.4 Å². The molecule has 0 radical (unpaired) electrons. The van der Waals surface area contributed by atoms with Crippen LogP contribution in [0.1, 0.15) is 25.0 Å². The van der Waals surface area contributed by atoms with Crippen molar-refractivity contribution in [1.82, 2.24) is 0 Å². The Morgan fingerprint density at radius 1 is 1.18 bits per heavy atom. The maximum atomic E-state index is 12.6. The molecule has 0 N–H and O–H groups in total. The first-order valence-electron chi connectivity index (χ1n) is 6.76. The third kappa shape index (κ3) is 5.91. The van der Waals surface area contributed by atoms with Crippen LogP contribution in [0.3, 0.4) is 0 Å². The number of hydrogen-bond acceptors (Lipinski definition) is 4. The fraction of sp³-hybridized carbons (Fsp3) is 0.500. The van der Waals surface area contributed by atoms with E-state index in [2.05, 4.69) is 0 Å². The van der Waals surface area contributed by atoms with Crippen LogP contribution in [0.4, 0.5) is 13.2 Å². The lowest BCUT2D eigenvalue weighted by Crippen LogP contribution is -2.13. The Morgan fingerprint density at radius 3 is 2.27 bits per heavy atom. The first-order chi connectivity index (χ1) is 10.2. The fourth-order valence-corrected chi connectivity index (χ4v) is 3.47. The molecule has 0 bridgehead atoms. The Kier molecular flexibility index (Phi) is 6.78. The van der Waals surface area contributed by atoms with Crippen molar-refractivity contribution in [3.8, 4) is 0 Å². The lowest BCUT2D eigenvalue weighted by atomic mass is 10.1. The lowest BCUT2D eigenvalue weighted by molar-refractivity contribution is -0.137. The summed E-state index contributed by atoms with van der Waals surface area (Å²) >= 11 is 0. The van der Waals surface area contributed by atoms with E-state index in [-0.39, 0.29) is 25.2 Å². The smallest absolute Gasteiger partial charge is 0.309 e. The Balaban J connectivity index is 2.78. The number of benzene rings is 1. The summed E-state index contributed by atoms with van der Waals surface area (Å²) < 4.78 is 60.0. The molecular formula is C14H18F3O4P. The molecular weight excluding hydrogens is 320 g/mol. The first kappa shape index (κ1) is 18.9. The number of halogens is 3. The Hall–Kier alpha value is -1.17. The predicted octanol–water partition coefficient (Wildman–Crippen LogP) is 4.08. The third-order valence-electron chi connectivity index (χ3n) is 2.68. The van der Waals surface area contributed by atoms with Gasteiger partial charge in [-0.2, -0.15) is 13.2 Å². The molecule has 0 amide bonds. The summed E-state index contributed by atoms with van der Waals surface area (Å²) in [6.07, 6.45) is -5.18. The van der Waals surface area contributed by atoms with Gasteiger partial charge < -0.3 is 9.05 Å². The largest absolute Gasteiger partial charge is 0.416 e. The minimum Gasteiger partial charge on any atom is -0.309 e. The summed E-state index contributed by atoms with van der Waals surface area (Å²) in [6.45, 7) is 3.47. The number of ketones is 1. The van der Waals surface area contributed by atoms with Gasteiger partial charge in [-0.25, -0.2) is 0 Å². The molecule has 0 saturated carbocycles. The quantitative estimate of drug-likeness (QED) is 0.670. The van der Waals surface area contributed by atoms with E-state index in [1.807, 2.05) is 0 Å². The Labute approximate surface area is 127 Å². The molecule has 0 atom stereocenters. The highest BCUT2D eigenvalue weighted by molar-refractivity contribution is 7.54. The van der Waals surface area contributed by atoms with Crippen molar-refractivity contribution in [3.63, 3.8) is 0 Å². The molecule has 4 nitrogen and oxygen atoms in total. The van der Waals surface area contributed by atoms with Gasteiger partial charge in [-0.3, -0.25) is 9.36 Å². The van der Waals surface area contributed by atoms with Gasteiger partial charge in [0.25, 0.3) is 0 Å². The molecule has 0 aliphatic rings. The zero-order valence-corrected chi connectivity index (χ0v) is 13.2. The van der Waals surface area contributed by atoms with Crippen LogP contribution in [-0.2, 0) is 31.0 Å². The fourth-order valence-electron chi connectivity index (χ4n) is 1.88. The van der Waals surface area contributed by atoms with Gasteiger partial charge in [0.05, 0.1) is 18.8 Å². The lowest BCUT2D eigenvalue weighted by Gasteiger charge is -2.16. The maximum Gasteiger partial charge on any atom is 0.416 e. The van der Waals surface area contributed by atoms with Crippen molar-refractivity contribution in [1.29, 1.82) is 0 Å². The van der Waals surface area contributed by atoms with E-state index < -0.39 is 31.3 Å². The molecule has 0 unspecified atom stereocenters. The first-order valence-corrected chi connectivity index (χ1v) is 8.49. The average molecular weight is 338 g/mol. The van der Waals surface area contributed by atoms with Gasteiger partial charge in [0.2, 0.25) is 0 Å². The summed E-state index contributed by atoms with van der Waals surface area (Å²) in [5.74, 6) is -0.496. The molecule has 1 aromatic rings. The van der Waals surface area contributed by atoms with Gasteiger partial charge in [0.15, 0.2) is 0 Å². The Morgan fingerprint density at radius 2 is 1.77 bits per heavy atom. The summed E-state index contributed by atoms with van der Waals surface area (Å²) in [4.78, 5) is 11.9. The van der Waals surface area contributed by atoms with Gasteiger partial charge in [-0.15, -0.1) is 0 Å². The molecule has 0 saturated heterocycles. The van der Waals surface area contributed by atoms with Crippen molar-refractivity contribution < 1.29 is 31.6 Å². The second-order valence-corrected chi connectivity index (χ2v) is 6.57. The van der Waals surface area contributed by atoms with Crippen molar-refractivity contribution >= 4 is 13.4 Å². The zero-order valence-electron chi connectivity index (χ0n) is 12.4. The van der Waals surface area contributed by atoms with Crippen LogP contribution in [0, 0.1) is 0 Å². The SMILES string of the molecule is CCOP(=O)(CC(=O)Cc1cccc(C(F)(F)F)c1)OCC. The second-order valence-electron chi connectivity index (χ2n) is 4.52. The van der Waals surface area contributed by atoms with Crippen molar-refractivity contribution in [2.45, 2.75) is 26.4 Å². The van der Waals surface area contributed by atoms with E-state index in [1.54, 1.807) is 13.8 Å². The summed E-state index contributed by atoms with van der Waals surface area (Å²) in [5.41, 5.74) is -0.616. The van der Waals surface area contributed by atoms with Crippen LogP contribution < -0.4 is 0 Å². The number of carbonyl (C=O) groups excluding carboxylic acids is 1. The average Bonchev–Trinajstić information content (AvgIpc) is 2.37. The van der Waals surface area contributed by atoms with Gasteiger partial charge in [-0.05, 0) is 25.5 Å². The van der Waals surface area contributed by atoms with Crippen LogP contribution in [0.15, 0.2) is 24.3 Å². The van der Waals surface area contributed by atoms with E-state index in [0.717, 1.165) is 12.1 Å². The molecule has 0 aromatic heterocycles. The van der Waals surface area contributed by atoms with Gasteiger partial charge in [0, 0.05) is 6.42 Å². The predicted molar refractivity (Wildman–Crippen MR) is 75.9 cm³/mol. The van der Waals surface area contributed by atoms with E-state index in [4.69, 9.17) is 9.05 Å². The molecule has 124 valence electrons. The van der Waals surface area contributed by atoms with Crippen LogP contribution >= 0.6 is 7.60 Å². The number of hydrogen-bond donors (Lipinski definition) is 0. The molecule has 22 heavy (non-hydrogen) atoms. The van der Waals surface area contributed by atoms with E-state index in [1.165, 1.54) is 12.1 Å². The van der Waals surface area contributed by atoms with E-state index in [9.17, 15) is 22.5 Å². The van der Waals surface area contributed by atoms with Crippen LogP contribution in [0.2, 0.25) is 0 Å². The topological polar surface area (TPSA) is 52.6 Å². The molecule has 0 heterocycles. The highest BCUT2D eigenvalue weighted by Crippen LogP contribution is 2.47. The number of alkyl halides is 3. The van der Waals surface area contributed by atoms with Gasteiger partial charge in [-0.1, -0.05) is 18.2 Å². The van der Waals surface area contributed by atoms with E-state index >= 15 is 0 Å².